The Bertz CT molecular complexity index is 186. The standard InChI is InChI=1S/C19H41N/c1-5-7-8-9-10-11-12-13-14-15-16-17-19(3,4)20-18-6-2/h20H,5-18H2,1-4H3. The van der Waals surface area contributed by atoms with E-state index in [2.05, 4.69) is 33.0 Å². The summed E-state index contributed by atoms with van der Waals surface area (Å²) in [6.45, 7) is 10.4. The van der Waals surface area contributed by atoms with Gasteiger partial charge in [-0.3, -0.25) is 0 Å². The zero-order chi connectivity index (χ0) is 15.1. The van der Waals surface area contributed by atoms with Gasteiger partial charge in [-0.15, -0.1) is 0 Å². The van der Waals surface area contributed by atoms with Crippen LogP contribution in [0.2, 0.25) is 0 Å². The maximum Gasteiger partial charge on any atom is 0.0125 e. The minimum atomic E-state index is 0.343. The normalized spacial score (nSPS) is 12.0. The van der Waals surface area contributed by atoms with E-state index in [0.29, 0.717) is 5.54 Å². The van der Waals surface area contributed by atoms with Crippen molar-refractivity contribution >= 4 is 0 Å². The zero-order valence-electron chi connectivity index (χ0n) is 14.9. The summed E-state index contributed by atoms with van der Waals surface area (Å²) in [5.74, 6) is 0. The molecule has 0 aromatic carbocycles. The molecule has 0 aromatic rings. The molecule has 0 heterocycles. The molecular formula is C19H41N. The third-order valence-corrected chi connectivity index (χ3v) is 4.26. The lowest BCUT2D eigenvalue weighted by Gasteiger charge is -2.26. The smallest absolute Gasteiger partial charge is 0.0125 e. The number of hydrogen-bond acceptors (Lipinski definition) is 1. The average molecular weight is 284 g/mol. The van der Waals surface area contributed by atoms with Crippen molar-refractivity contribution in [1.82, 2.24) is 5.32 Å². The van der Waals surface area contributed by atoms with E-state index < -0.39 is 0 Å². The van der Waals surface area contributed by atoms with Crippen molar-refractivity contribution in [2.75, 3.05) is 6.54 Å². The predicted octanol–water partition coefficient (Wildman–Crippen LogP) is 6.47. The van der Waals surface area contributed by atoms with Crippen LogP contribution in [0.1, 0.15) is 111 Å². The maximum atomic E-state index is 3.64. The van der Waals surface area contributed by atoms with Gasteiger partial charge in [0.25, 0.3) is 0 Å². The maximum absolute atomic E-state index is 3.64. The van der Waals surface area contributed by atoms with Crippen LogP contribution in [-0.4, -0.2) is 12.1 Å². The van der Waals surface area contributed by atoms with E-state index in [1.54, 1.807) is 0 Å². The van der Waals surface area contributed by atoms with Crippen LogP contribution in [0, 0.1) is 0 Å². The summed E-state index contributed by atoms with van der Waals surface area (Å²) in [5.41, 5.74) is 0.343. The number of nitrogens with one attached hydrogen (secondary N) is 1. The molecule has 0 saturated carbocycles. The number of hydrogen-bond donors (Lipinski definition) is 1. The molecule has 0 bridgehead atoms. The second-order valence-corrected chi connectivity index (χ2v) is 7.10. The molecule has 0 atom stereocenters. The van der Waals surface area contributed by atoms with Crippen molar-refractivity contribution in [3.63, 3.8) is 0 Å². The van der Waals surface area contributed by atoms with E-state index in [4.69, 9.17) is 0 Å². The van der Waals surface area contributed by atoms with Gasteiger partial charge in [0.15, 0.2) is 0 Å². The van der Waals surface area contributed by atoms with E-state index in [-0.39, 0.29) is 0 Å². The molecule has 0 radical (unpaired) electrons. The minimum absolute atomic E-state index is 0.343. The van der Waals surface area contributed by atoms with Crippen molar-refractivity contribution < 1.29 is 0 Å². The van der Waals surface area contributed by atoms with E-state index in [1.807, 2.05) is 0 Å². The molecule has 0 saturated heterocycles. The van der Waals surface area contributed by atoms with E-state index in [1.165, 1.54) is 83.5 Å². The Kier molecular flexibility index (Phi) is 13.9. The van der Waals surface area contributed by atoms with Gasteiger partial charge in [0.05, 0.1) is 0 Å². The Morgan fingerprint density at radius 3 is 1.50 bits per heavy atom. The summed E-state index contributed by atoms with van der Waals surface area (Å²) in [6.07, 6.45) is 18.4. The lowest BCUT2D eigenvalue weighted by atomic mass is 9.95. The molecule has 0 unspecified atom stereocenters. The molecule has 0 aromatic heterocycles. The number of unbranched alkanes of at least 4 members (excludes halogenated alkanes) is 10. The Morgan fingerprint density at radius 2 is 1.05 bits per heavy atom. The molecule has 0 aliphatic carbocycles. The molecule has 1 N–H and O–H groups in total. The molecule has 0 aliphatic rings. The van der Waals surface area contributed by atoms with E-state index in [0.717, 1.165) is 6.54 Å². The lowest BCUT2D eigenvalue weighted by molar-refractivity contribution is 0.347. The molecular weight excluding hydrogens is 242 g/mol. The van der Waals surface area contributed by atoms with Crippen LogP contribution in [0.4, 0.5) is 0 Å². The van der Waals surface area contributed by atoms with Crippen molar-refractivity contribution in [1.29, 1.82) is 0 Å². The molecule has 0 aliphatic heterocycles. The van der Waals surface area contributed by atoms with Crippen molar-refractivity contribution in [3.05, 3.63) is 0 Å². The van der Waals surface area contributed by atoms with E-state index >= 15 is 0 Å². The minimum Gasteiger partial charge on any atom is -0.312 e. The molecule has 122 valence electrons. The second-order valence-electron chi connectivity index (χ2n) is 7.10. The topological polar surface area (TPSA) is 12.0 Å². The number of rotatable bonds is 15. The van der Waals surface area contributed by atoms with Crippen LogP contribution in [0.15, 0.2) is 0 Å². The predicted molar refractivity (Wildman–Crippen MR) is 93.5 cm³/mol. The molecule has 0 spiro atoms. The first-order valence-electron chi connectivity index (χ1n) is 9.37. The van der Waals surface area contributed by atoms with E-state index in [9.17, 15) is 0 Å². The Morgan fingerprint density at radius 1 is 0.600 bits per heavy atom. The third-order valence-electron chi connectivity index (χ3n) is 4.26. The molecule has 0 amide bonds. The Hall–Kier alpha value is -0.0400. The molecule has 1 nitrogen and oxygen atoms in total. The van der Waals surface area contributed by atoms with Gasteiger partial charge >= 0.3 is 0 Å². The molecule has 1 heteroatoms. The van der Waals surface area contributed by atoms with Crippen LogP contribution in [0.3, 0.4) is 0 Å². The molecule has 20 heavy (non-hydrogen) atoms. The average Bonchev–Trinajstić information content (AvgIpc) is 2.42. The first-order valence-corrected chi connectivity index (χ1v) is 9.37. The van der Waals surface area contributed by atoms with Crippen LogP contribution < -0.4 is 5.32 Å². The van der Waals surface area contributed by atoms with Gasteiger partial charge in [0.2, 0.25) is 0 Å². The first kappa shape index (κ1) is 20.0. The second kappa shape index (κ2) is 13.9. The summed E-state index contributed by atoms with van der Waals surface area (Å²) in [5, 5.41) is 3.64. The first-order chi connectivity index (χ1) is 9.62. The van der Waals surface area contributed by atoms with Crippen molar-refractivity contribution in [2.45, 2.75) is 117 Å². The molecule has 0 fully saturated rings. The summed E-state index contributed by atoms with van der Waals surface area (Å²) in [6, 6.07) is 0. The van der Waals surface area contributed by atoms with Gasteiger partial charge in [-0.1, -0.05) is 84.5 Å². The molecule has 0 rings (SSSR count). The Balaban J connectivity index is 3.20. The lowest BCUT2D eigenvalue weighted by Crippen LogP contribution is -2.39. The van der Waals surface area contributed by atoms with Gasteiger partial charge in [-0.2, -0.15) is 0 Å². The monoisotopic (exact) mass is 283 g/mol. The van der Waals surface area contributed by atoms with Gasteiger partial charge in [-0.05, 0) is 33.2 Å². The van der Waals surface area contributed by atoms with Crippen LogP contribution in [0.25, 0.3) is 0 Å². The quantitative estimate of drug-likeness (QED) is 0.340. The highest BCUT2D eigenvalue weighted by molar-refractivity contribution is 4.76. The highest BCUT2D eigenvalue weighted by Crippen LogP contribution is 2.16. The highest BCUT2D eigenvalue weighted by atomic mass is 14.9. The Labute approximate surface area is 129 Å². The largest absolute Gasteiger partial charge is 0.312 e. The fourth-order valence-corrected chi connectivity index (χ4v) is 2.78. The fourth-order valence-electron chi connectivity index (χ4n) is 2.78. The summed E-state index contributed by atoms with van der Waals surface area (Å²) >= 11 is 0. The summed E-state index contributed by atoms with van der Waals surface area (Å²) in [7, 11) is 0. The summed E-state index contributed by atoms with van der Waals surface area (Å²) in [4.78, 5) is 0. The fraction of sp³-hybridized carbons (Fsp3) is 1.00. The SMILES string of the molecule is CCCCCCCCCCCCCC(C)(C)NCCC. The van der Waals surface area contributed by atoms with Gasteiger partial charge in [0.1, 0.15) is 0 Å². The van der Waals surface area contributed by atoms with Crippen LogP contribution >= 0.6 is 0 Å². The van der Waals surface area contributed by atoms with Gasteiger partial charge in [-0.25, -0.2) is 0 Å². The highest BCUT2D eigenvalue weighted by Gasteiger charge is 2.14. The summed E-state index contributed by atoms with van der Waals surface area (Å²) < 4.78 is 0. The van der Waals surface area contributed by atoms with Crippen LogP contribution in [-0.2, 0) is 0 Å². The van der Waals surface area contributed by atoms with Crippen molar-refractivity contribution in [3.8, 4) is 0 Å². The van der Waals surface area contributed by atoms with Crippen molar-refractivity contribution in [2.24, 2.45) is 0 Å². The van der Waals surface area contributed by atoms with Gasteiger partial charge < -0.3 is 5.32 Å². The third kappa shape index (κ3) is 14.4. The van der Waals surface area contributed by atoms with Gasteiger partial charge in [0, 0.05) is 5.54 Å². The van der Waals surface area contributed by atoms with Crippen LogP contribution in [0.5, 0.6) is 0 Å². The zero-order valence-corrected chi connectivity index (χ0v) is 14.9.